The van der Waals surface area contributed by atoms with Gasteiger partial charge in [-0.15, -0.1) is 11.3 Å². The van der Waals surface area contributed by atoms with Crippen LogP contribution in [-0.2, 0) is 0 Å². The molecule has 1 radical (unpaired) electrons. The number of hydrogen-bond donors (Lipinski definition) is 0. The van der Waals surface area contributed by atoms with Crippen LogP contribution in [0.5, 0.6) is 11.5 Å². The highest BCUT2D eigenvalue weighted by Gasteiger charge is 2.13. The van der Waals surface area contributed by atoms with Crippen LogP contribution >= 0.6 is 11.3 Å². The molecule has 0 aliphatic rings. The first-order valence-corrected chi connectivity index (χ1v) is 9.31. The zero-order valence-corrected chi connectivity index (χ0v) is 14.7. The lowest BCUT2D eigenvalue weighted by molar-refractivity contribution is 0.460. The number of rotatable bonds is 5. The van der Waals surface area contributed by atoms with Crippen molar-refractivity contribution in [2.75, 3.05) is 0 Å². The van der Waals surface area contributed by atoms with Crippen LogP contribution < -0.4 is 7.58 Å². The third-order valence-corrected chi connectivity index (χ3v) is 5.30. The third-order valence-electron chi connectivity index (χ3n) is 3.51. The van der Waals surface area contributed by atoms with Crippen LogP contribution in [0.3, 0.4) is 0 Å². The minimum absolute atomic E-state index is 0.635. The van der Waals surface area contributed by atoms with Crippen LogP contribution in [0.15, 0.2) is 78.9 Å². The van der Waals surface area contributed by atoms with Crippen LogP contribution in [0.2, 0.25) is 0 Å². The van der Waals surface area contributed by atoms with Gasteiger partial charge in [-0.2, -0.15) is 0 Å². The van der Waals surface area contributed by atoms with Gasteiger partial charge < -0.3 is 7.58 Å². The number of hydrogen-bond acceptors (Lipinski definition) is 4. The summed E-state index contributed by atoms with van der Waals surface area (Å²) in [6.07, 6.45) is 0. The van der Waals surface area contributed by atoms with Gasteiger partial charge in [-0.25, -0.2) is 4.98 Å². The van der Waals surface area contributed by atoms with Gasteiger partial charge in [-0.1, -0.05) is 42.5 Å². The number of fused-ring (bicyclic) bond motifs is 1. The summed E-state index contributed by atoms with van der Waals surface area (Å²) in [5.74, 6) is 1.63. The van der Waals surface area contributed by atoms with E-state index in [4.69, 9.17) is 12.6 Å². The third kappa shape index (κ3) is 3.29. The van der Waals surface area contributed by atoms with E-state index >= 15 is 0 Å². The van der Waals surface area contributed by atoms with Crippen LogP contribution in [0.25, 0.3) is 20.8 Å². The number of para-hydroxylation sites is 3. The second kappa shape index (κ2) is 7.06. The summed E-state index contributed by atoms with van der Waals surface area (Å²) in [5, 5.41) is 0.964. The Kier molecular flexibility index (Phi) is 4.48. The summed E-state index contributed by atoms with van der Waals surface area (Å²) in [5.41, 5.74) is 2.02. The summed E-state index contributed by atoms with van der Waals surface area (Å²) in [6, 6.07) is 25.8. The fourth-order valence-corrected chi connectivity index (χ4v) is 3.99. The molecular formula is C19H13AlNO2S. The Balaban J connectivity index is 1.56. The Hall–Kier alpha value is -2.32. The van der Waals surface area contributed by atoms with E-state index < -0.39 is 15.9 Å². The summed E-state index contributed by atoms with van der Waals surface area (Å²) in [7, 11) is 0. The van der Waals surface area contributed by atoms with E-state index in [9.17, 15) is 0 Å². The van der Waals surface area contributed by atoms with E-state index in [0.717, 1.165) is 27.6 Å². The average Bonchev–Trinajstić information content (AvgIpc) is 3.07. The molecule has 0 unspecified atom stereocenters. The van der Waals surface area contributed by atoms with Crippen LogP contribution in [0.4, 0.5) is 0 Å². The van der Waals surface area contributed by atoms with Gasteiger partial charge in [0.25, 0.3) is 0 Å². The maximum absolute atomic E-state index is 5.92. The number of nitrogens with zero attached hydrogens (tertiary/aromatic N) is 1. The first kappa shape index (κ1) is 15.2. The molecule has 3 nitrogen and oxygen atoms in total. The van der Waals surface area contributed by atoms with E-state index in [2.05, 4.69) is 6.07 Å². The Morgan fingerprint density at radius 1 is 0.750 bits per heavy atom. The number of thiazole rings is 1. The Morgan fingerprint density at radius 2 is 1.50 bits per heavy atom. The first-order chi connectivity index (χ1) is 11.9. The lowest BCUT2D eigenvalue weighted by atomic mass is 10.2. The normalized spacial score (nSPS) is 10.5. The minimum Gasteiger partial charge on any atom is -0.616 e. The van der Waals surface area contributed by atoms with Crippen LogP contribution in [0.1, 0.15) is 0 Å². The zero-order chi connectivity index (χ0) is 16.2. The smallest absolute Gasteiger partial charge is 0.616 e. The van der Waals surface area contributed by atoms with Crippen molar-refractivity contribution in [2.45, 2.75) is 0 Å². The molecule has 5 heteroatoms. The number of benzene rings is 3. The van der Waals surface area contributed by atoms with Crippen LogP contribution in [0, 0.1) is 0 Å². The monoisotopic (exact) mass is 346 g/mol. The lowest BCUT2D eigenvalue weighted by Crippen LogP contribution is -2.11. The van der Waals surface area contributed by atoms with Crippen molar-refractivity contribution < 1.29 is 7.58 Å². The molecular weight excluding hydrogens is 333 g/mol. The molecule has 0 amide bonds. The minimum atomic E-state index is -0.635. The van der Waals surface area contributed by atoms with Gasteiger partial charge in [0, 0.05) is 5.56 Å². The van der Waals surface area contributed by atoms with Gasteiger partial charge >= 0.3 is 15.9 Å². The highest BCUT2D eigenvalue weighted by atomic mass is 32.1. The molecule has 0 aliphatic heterocycles. The molecule has 4 rings (SSSR count). The van der Waals surface area contributed by atoms with Crippen molar-refractivity contribution in [3.63, 3.8) is 0 Å². The summed E-state index contributed by atoms with van der Waals surface area (Å²) < 4.78 is 12.8. The molecule has 24 heavy (non-hydrogen) atoms. The van der Waals surface area contributed by atoms with E-state index in [1.165, 1.54) is 4.70 Å². The van der Waals surface area contributed by atoms with E-state index in [0.29, 0.717) is 0 Å². The molecule has 1 aromatic heterocycles. The van der Waals surface area contributed by atoms with Crippen molar-refractivity contribution >= 4 is 37.4 Å². The molecule has 115 valence electrons. The van der Waals surface area contributed by atoms with E-state index in [1.807, 2.05) is 72.8 Å². The fourth-order valence-electron chi connectivity index (χ4n) is 2.36. The van der Waals surface area contributed by atoms with E-state index in [1.54, 1.807) is 11.3 Å². The standard InChI is InChI=1S/C13H9NOS.C6H6O.Al/c15-11-7-3-1-5-9(11)13-14-10-6-2-4-8-12(10)16-13;7-6-4-2-1-3-5-6;/h1-8,15H;1-5,7H;/q;;+2/p-2. The van der Waals surface area contributed by atoms with Gasteiger partial charge in [0.1, 0.15) is 5.01 Å². The topological polar surface area (TPSA) is 31.4 Å². The second-order valence-electron chi connectivity index (χ2n) is 5.13. The summed E-state index contributed by atoms with van der Waals surface area (Å²) >= 11 is 1.04. The van der Waals surface area contributed by atoms with Crippen molar-refractivity contribution in [1.29, 1.82) is 0 Å². The Morgan fingerprint density at radius 3 is 2.38 bits per heavy atom. The second-order valence-corrected chi connectivity index (χ2v) is 6.82. The molecule has 1 heterocycles. The van der Waals surface area contributed by atoms with Gasteiger partial charge in [-0.05, 0) is 36.4 Å². The zero-order valence-electron chi connectivity index (χ0n) is 12.8. The molecule has 3 aromatic carbocycles. The molecule has 0 fully saturated rings. The fraction of sp³-hybridized carbons (Fsp3) is 0. The first-order valence-electron chi connectivity index (χ1n) is 7.55. The maximum atomic E-state index is 5.92. The molecule has 4 aromatic rings. The predicted molar refractivity (Wildman–Crippen MR) is 98.5 cm³/mol. The predicted octanol–water partition coefficient (Wildman–Crippen LogP) is 4.96. The SMILES string of the molecule is c1ccc([O][Al][O]c2ccccc2-c2nc3ccccc3s2)cc1. The summed E-state index contributed by atoms with van der Waals surface area (Å²) in [6.45, 7) is 0. The van der Waals surface area contributed by atoms with Gasteiger partial charge in [-0.3, -0.25) is 0 Å². The maximum Gasteiger partial charge on any atom is 0.881 e. The largest absolute Gasteiger partial charge is 0.881 e. The highest BCUT2D eigenvalue weighted by molar-refractivity contribution is 7.21. The Bertz CT molecular complexity index is 923. The van der Waals surface area contributed by atoms with Crippen molar-refractivity contribution in [1.82, 2.24) is 4.98 Å². The van der Waals surface area contributed by atoms with Gasteiger partial charge in [0.05, 0.1) is 21.7 Å². The average molecular weight is 346 g/mol. The van der Waals surface area contributed by atoms with Crippen LogP contribution in [-0.4, -0.2) is 20.9 Å². The molecule has 0 spiro atoms. The van der Waals surface area contributed by atoms with E-state index in [-0.39, 0.29) is 0 Å². The highest BCUT2D eigenvalue weighted by Crippen LogP contribution is 2.35. The molecule has 0 saturated carbocycles. The molecule has 0 bridgehead atoms. The van der Waals surface area contributed by atoms with Crippen molar-refractivity contribution in [3.8, 4) is 22.1 Å². The lowest BCUT2D eigenvalue weighted by Gasteiger charge is -2.11. The summed E-state index contributed by atoms with van der Waals surface area (Å²) in [4.78, 5) is 4.72. The van der Waals surface area contributed by atoms with Gasteiger partial charge in [0.15, 0.2) is 0 Å². The molecule has 0 atom stereocenters. The molecule has 0 saturated heterocycles. The van der Waals surface area contributed by atoms with Crippen molar-refractivity contribution in [3.05, 3.63) is 78.9 Å². The molecule has 0 N–H and O–H groups in total. The molecule has 0 aliphatic carbocycles. The van der Waals surface area contributed by atoms with Crippen molar-refractivity contribution in [2.24, 2.45) is 0 Å². The van der Waals surface area contributed by atoms with Gasteiger partial charge in [0.2, 0.25) is 0 Å². The Labute approximate surface area is 150 Å². The quantitative estimate of drug-likeness (QED) is 0.479. The number of aromatic nitrogens is 1.